The molecule has 0 saturated carbocycles. The lowest BCUT2D eigenvalue weighted by molar-refractivity contribution is 0.0691. The maximum Gasteiger partial charge on any atom is 0.257 e. The number of nitrogens with one attached hydrogen (secondary N) is 1. The van der Waals surface area contributed by atoms with Crippen molar-refractivity contribution in [1.29, 1.82) is 0 Å². The van der Waals surface area contributed by atoms with Gasteiger partial charge in [-0.25, -0.2) is 0 Å². The fourth-order valence-electron chi connectivity index (χ4n) is 2.60. The third-order valence-corrected chi connectivity index (χ3v) is 4.07. The Kier molecular flexibility index (Phi) is 6.49. The Labute approximate surface area is 136 Å². The summed E-state index contributed by atoms with van der Waals surface area (Å²) in [7, 11) is 3.54. The lowest BCUT2D eigenvalue weighted by Crippen LogP contribution is -2.47. The van der Waals surface area contributed by atoms with Crippen molar-refractivity contribution in [3.05, 3.63) is 28.8 Å². The highest BCUT2D eigenvalue weighted by molar-refractivity contribution is 6.31. The van der Waals surface area contributed by atoms with Gasteiger partial charge in [-0.2, -0.15) is 0 Å². The number of amides is 1. The van der Waals surface area contributed by atoms with Crippen LogP contribution in [0.1, 0.15) is 23.2 Å². The maximum absolute atomic E-state index is 12.8. The summed E-state index contributed by atoms with van der Waals surface area (Å²) in [5, 5.41) is 3.77. The second-order valence-electron chi connectivity index (χ2n) is 5.36. The Hall–Kier alpha value is -1.30. The van der Waals surface area contributed by atoms with Crippen molar-refractivity contribution in [2.45, 2.75) is 18.9 Å². The predicted octanol–water partition coefficient (Wildman–Crippen LogP) is 2.19. The standard InChI is InChI=1S/C16H23ClN2O3/c1-18-13-4-3-7-19(11-13)16(20)14-10-12(17)5-6-15(14)22-9-8-21-2/h5-6,10,13,18H,3-4,7-9,11H2,1-2H3. The molecular formula is C16H23ClN2O3. The summed E-state index contributed by atoms with van der Waals surface area (Å²) in [6.45, 7) is 2.35. The molecule has 6 heteroatoms. The van der Waals surface area contributed by atoms with Crippen molar-refractivity contribution in [1.82, 2.24) is 10.2 Å². The maximum atomic E-state index is 12.8. The predicted molar refractivity (Wildman–Crippen MR) is 86.8 cm³/mol. The lowest BCUT2D eigenvalue weighted by Gasteiger charge is -2.33. The highest BCUT2D eigenvalue weighted by atomic mass is 35.5. The minimum Gasteiger partial charge on any atom is -0.490 e. The molecule has 1 unspecified atom stereocenters. The third kappa shape index (κ3) is 4.35. The van der Waals surface area contributed by atoms with Crippen LogP contribution >= 0.6 is 11.6 Å². The first-order valence-electron chi connectivity index (χ1n) is 7.53. The first-order chi connectivity index (χ1) is 10.7. The molecule has 2 rings (SSSR count). The van der Waals surface area contributed by atoms with Crippen molar-refractivity contribution in [3.63, 3.8) is 0 Å². The number of benzene rings is 1. The molecule has 22 heavy (non-hydrogen) atoms. The Balaban J connectivity index is 2.14. The largest absolute Gasteiger partial charge is 0.490 e. The number of carbonyl (C=O) groups excluding carboxylic acids is 1. The molecule has 1 aromatic rings. The van der Waals surface area contributed by atoms with Crippen molar-refractivity contribution < 1.29 is 14.3 Å². The van der Waals surface area contributed by atoms with E-state index in [2.05, 4.69) is 5.32 Å². The summed E-state index contributed by atoms with van der Waals surface area (Å²) in [5.74, 6) is 0.521. The zero-order chi connectivity index (χ0) is 15.9. The fraction of sp³-hybridized carbons (Fsp3) is 0.562. The first-order valence-corrected chi connectivity index (χ1v) is 7.91. The van der Waals surface area contributed by atoms with Crippen molar-refractivity contribution in [2.24, 2.45) is 0 Å². The van der Waals surface area contributed by atoms with Crippen LogP contribution < -0.4 is 10.1 Å². The summed E-state index contributed by atoms with van der Waals surface area (Å²) in [5.41, 5.74) is 0.514. The zero-order valence-electron chi connectivity index (χ0n) is 13.1. The average Bonchev–Trinajstić information content (AvgIpc) is 2.55. The van der Waals surface area contributed by atoms with Gasteiger partial charge in [0.05, 0.1) is 12.2 Å². The Morgan fingerprint density at radius 1 is 1.45 bits per heavy atom. The van der Waals surface area contributed by atoms with Gasteiger partial charge in [0.15, 0.2) is 0 Å². The van der Waals surface area contributed by atoms with Crippen LogP contribution in [0.25, 0.3) is 0 Å². The molecule has 0 aromatic heterocycles. The zero-order valence-corrected chi connectivity index (χ0v) is 13.9. The van der Waals surface area contributed by atoms with E-state index >= 15 is 0 Å². The van der Waals surface area contributed by atoms with Gasteiger partial charge in [-0.1, -0.05) is 11.6 Å². The first kappa shape index (κ1) is 17.1. The van der Waals surface area contributed by atoms with Gasteiger partial charge < -0.3 is 19.7 Å². The number of halogens is 1. The van der Waals surface area contributed by atoms with E-state index in [1.165, 1.54) is 0 Å². The molecule has 1 amide bonds. The van der Waals surface area contributed by atoms with Crippen molar-refractivity contribution in [3.8, 4) is 5.75 Å². The van der Waals surface area contributed by atoms with Crippen LogP contribution in [-0.4, -0.2) is 57.3 Å². The van der Waals surface area contributed by atoms with E-state index in [0.29, 0.717) is 42.1 Å². The van der Waals surface area contributed by atoms with Crippen LogP contribution in [0.2, 0.25) is 5.02 Å². The van der Waals surface area contributed by atoms with Crippen LogP contribution in [0, 0.1) is 0 Å². The van der Waals surface area contributed by atoms with Crippen molar-refractivity contribution >= 4 is 17.5 Å². The quantitative estimate of drug-likeness (QED) is 0.814. The number of likely N-dealkylation sites (tertiary alicyclic amines) is 1. The molecule has 1 saturated heterocycles. The molecule has 1 atom stereocenters. The number of nitrogens with zero attached hydrogens (tertiary/aromatic N) is 1. The van der Waals surface area contributed by atoms with Gasteiger partial charge in [0, 0.05) is 31.3 Å². The SMILES string of the molecule is CNC1CCCN(C(=O)c2cc(Cl)ccc2OCCOC)C1. The van der Waals surface area contributed by atoms with E-state index in [-0.39, 0.29) is 5.91 Å². The van der Waals surface area contributed by atoms with Gasteiger partial charge in [0.25, 0.3) is 5.91 Å². The van der Waals surface area contributed by atoms with Gasteiger partial charge in [-0.15, -0.1) is 0 Å². The molecule has 0 aliphatic carbocycles. The van der Waals surface area contributed by atoms with E-state index in [4.69, 9.17) is 21.1 Å². The molecule has 1 fully saturated rings. The van der Waals surface area contributed by atoms with Gasteiger partial charge >= 0.3 is 0 Å². The molecule has 122 valence electrons. The second kappa shape index (κ2) is 8.36. The van der Waals surface area contributed by atoms with Crippen LogP contribution in [0.4, 0.5) is 0 Å². The van der Waals surface area contributed by atoms with Crippen molar-refractivity contribution in [2.75, 3.05) is 40.5 Å². The number of hydrogen-bond acceptors (Lipinski definition) is 4. The number of methoxy groups -OCH3 is 1. The van der Waals surface area contributed by atoms with Gasteiger partial charge in [0.1, 0.15) is 12.4 Å². The molecule has 1 aromatic carbocycles. The molecule has 1 N–H and O–H groups in total. The monoisotopic (exact) mass is 326 g/mol. The van der Waals surface area contributed by atoms with E-state index < -0.39 is 0 Å². The molecule has 1 heterocycles. The number of rotatable bonds is 6. The van der Waals surface area contributed by atoms with Crippen LogP contribution in [0.5, 0.6) is 5.75 Å². The summed E-state index contributed by atoms with van der Waals surface area (Å²) < 4.78 is 10.6. The van der Waals surface area contributed by atoms with E-state index in [0.717, 1.165) is 19.4 Å². The molecule has 0 radical (unpaired) electrons. The summed E-state index contributed by atoms with van der Waals surface area (Å²) in [4.78, 5) is 14.7. The average molecular weight is 327 g/mol. The molecule has 0 bridgehead atoms. The Morgan fingerprint density at radius 2 is 2.27 bits per heavy atom. The third-order valence-electron chi connectivity index (χ3n) is 3.83. The van der Waals surface area contributed by atoms with Crippen LogP contribution in [0.3, 0.4) is 0 Å². The van der Waals surface area contributed by atoms with Gasteiger partial charge in [-0.05, 0) is 38.1 Å². The van der Waals surface area contributed by atoms with Crippen LogP contribution in [-0.2, 0) is 4.74 Å². The summed E-state index contributed by atoms with van der Waals surface area (Å²) >= 11 is 6.05. The number of ether oxygens (including phenoxy) is 2. The number of likely N-dealkylation sites (N-methyl/N-ethyl adjacent to an activating group) is 1. The fourth-order valence-corrected chi connectivity index (χ4v) is 2.77. The van der Waals surface area contributed by atoms with Crippen LogP contribution in [0.15, 0.2) is 18.2 Å². The molecule has 1 aliphatic heterocycles. The topological polar surface area (TPSA) is 50.8 Å². The smallest absolute Gasteiger partial charge is 0.257 e. The highest BCUT2D eigenvalue weighted by Gasteiger charge is 2.25. The molecular weight excluding hydrogens is 304 g/mol. The van der Waals surface area contributed by atoms with E-state index in [1.807, 2.05) is 11.9 Å². The Morgan fingerprint density at radius 3 is 3.00 bits per heavy atom. The highest BCUT2D eigenvalue weighted by Crippen LogP contribution is 2.25. The second-order valence-corrected chi connectivity index (χ2v) is 5.80. The number of hydrogen-bond donors (Lipinski definition) is 1. The normalized spacial score (nSPS) is 18.3. The molecule has 0 spiro atoms. The Bertz CT molecular complexity index is 510. The van der Waals surface area contributed by atoms with E-state index in [9.17, 15) is 4.79 Å². The number of piperidine rings is 1. The summed E-state index contributed by atoms with van der Waals surface area (Å²) in [6.07, 6.45) is 2.09. The van der Waals surface area contributed by atoms with E-state index in [1.54, 1.807) is 25.3 Å². The molecule has 1 aliphatic rings. The minimum atomic E-state index is -0.0325. The molecule has 5 nitrogen and oxygen atoms in total. The minimum absolute atomic E-state index is 0.0325. The summed E-state index contributed by atoms with van der Waals surface area (Å²) in [6, 6.07) is 5.49. The number of carbonyl (C=O) groups is 1. The lowest BCUT2D eigenvalue weighted by atomic mass is 10.0. The van der Waals surface area contributed by atoms with Gasteiger partial charge in [-0.3, -0.25) is 4.79 Å². The van der Waals surface area contributed by atoms with Gasteiger partial charge in [0.2, 0.25) is 0 Å².